The molecule has 5 nitrogen and oxygen atoms in total. The van der Waals surface area contributed by atoms with E-state index in [1.807, 2.05) is 0 Å². The lowest BCUT2D eigenvalue weighted by atomic mass is 10.0. The fraction of sp³-hybridized carbons (Fsp3) is 1.00. The SMILES string of the molecule is CC1CCN(S(=O)(=O)N[C@@H]2CCCNC2)CC1. The summed E-state index contributed by atoms with van der Waals surface area (Å²) in [5.41, 5.74) is 0. The zero-order valence-electron chi connectivity index (χ0n) is 10.5. The number of rotatable bonds is 3. The topological polar surface area (TPSA) is 61.4 Å². The normalized spacial score (nSPS) is 29.4. The molecule has 2 rings (SSSR count). The molecule has 0 radical (unpaired) electrons. The summed E-state index contributed by atoms with van der Waals surface area (Å²) in [5, 5.41) is 3.22. The lowest BCUT2D eigenvalue weighted by Crippen LogP contribution is -2.52. The lowest BCUT2D eigenvalue weighted by molar-refractivity contribution is 0.281. The molecule has 6 heteroatoms. The zero-order chi connectivity index (χ0) is 12.3. The summed E-state index contributed by atoms with van der Waals surface area (Å²) in [4.78, 5) is 0. The van der Waals surface area contributed by atoms with Crippen molar-refractivity contribution in [3.8, 4) is 0 Å². The van der Waals surface area contributed by atoms with E-state index in [0.717, 1.165) is 38.8 Å². The van der Waals surface area contributed by atoms with Crippen molar-refractivity contribution in [3.63, 3.8) is 0 Å². The van der Waals surface area contributed by atoms with Crippen LogP contribution in [0.4, 0.5) is 0 Å². The quantitative estimate of drug-likeness (QED) is 0.768. The largest absolute Gasteiger partial charge is 0.315 e. The van der Waals surface area contributed by atoms with Gasteiger partial charge in [-0.3, -0.25) is 0 Å². The van der Waals surface area contributed by atoms with Crippen LogP contribution in [-0.4, -0.2) is 44.9 Å². The first kappa shape index (κ1) is 13.3. The maximum absolute atomic E-state index is 12.1. The third-order valence-electron chi connectivity index (χ3n) is 3.69. The van der Waals surface area contributed by atoms with Gasteiger partial charge in [0.25, 0.3) is 10.2 Å². The van der Waals surface area contributed by atoms with Gasteiger partial charge in [0.05, 0.1) is 0 Å². The molecule has 17 heavy (non-hydrogen) atoms. The second kappa shape index (κ2) is 5.65. The zero-order valence-corrected chi connectivity index (χ0v) is 11.3. The highest BCUT2D eigenvalue weighted by atomic mass is 32.2. The predicted octanol–water partition coefficient (Wildman–Crippen LogP) is 0.305. The molecule has 2 saturated heterocycles. The maximum Gasteiger partial charge on any atom is 0.279 e. The molecule has 0 bridgehead atoms. The van der Waals surface area contributed by atoms with Crippen LogP contribution in [0.15, 0.2) is 0 Å². The summed E-state index contributed by atoms with van der Waals surface area (Å²) in [6.07, 6.45) is 3.94. The first-order valence-electron chi connectivity index (χ1n) is 6.56. The molecule has 2 heterocycles. The number of piperidine rings is 2. The van der Waals surface area contributed by atoms with E-state index in [9.17, 15) is 8.42 Å². The minimum atomic E-state index is -3.26. The van der Waals surface area contributed by atoms with Crippen LogP contribution in [0.3, 0.4) is 0 Å². The minimum Gasteiger partial charge on any atom is -0.315 e. The van der Waals surface area contributed by atoms with Crippen molar-refractivity contribution in [1.82, 2.24) is 14.3 Å². The Morgan fingerprint density at radius 2 is 1.94 bits per heavy atom. The number of hydrogen-bond donors (Lipinski definition) is 2. The van der Waals surface area contributed by atoms with E-state index >= 15 is 0 Å². The average molecular weight is 261 g/mol. The first-order chi connectivity index (χ1) is 8.08. The monoisotopic (exact) mass is 261 g/mol. The van der Waals surface area contributed by atoms with Crippen LogP contribution in [0.25, 0.3) is 0 Å². The molecule has 1 atom stereocenters. The van der Waals surface area contributed by atoms with Crippen LogP contribution in [0.5, 0.6) is 0 Å². The lowest BCUT2D eigenvalue weighted by Gasteiger charge is -2.32. The van der Waals surface area contributed by atoms with E-state index in [1.54, 1.807) is 4.31 Å². The van der Waals surface area contributed by atoms with Crippen LogP contribution in [0, 0.1) is 5.92 Å². The molecule has 2 N–H and O–H groups in total. The van der Waals surface area contributed by atoms with Gasteiger partial charge in [-0.25, -0.2) is 0 Å². The molecular weight excluding hydrogens is 238 g/mol. The van der Waals surface area contributed by atoms with Gasteiger partial charge < -0.3 is 5.32 Å². The van der Waals surface area contributed by atoms with Crippen molar-refractivity contribution in [2.24, 2.45) is 5.92 Å². The van der Waals surface area contributed by atoms with Crippen LogP contribution >= 0.6 is 0 Å². The van der Waals surface area contributed by atoms with Gasteiger partial charge in [0.2, 0.25) is 0 Å². The highest BCUT2D eigenvalue weighted by molar-refractivity contribution is 7.87. The second-order valence-electron chi connectivity index (χ2n) is 5.25. The molecule has 0 aromatic carbocycles. The smallest absolute Gasteiger partial charge is 0.279 e. The number of hydrogen-bond acceptors (Lipinski definition) is 3. The van der Waals surface area contributed by atoms with Crippen molar-refractivity contribution in [3.05, 3.63) is 0 Å². The van der Waals surface area contributed by atoms with Gasteiger partial charge in [0.15, 0.2) is 0 Å². The molecule has 100 valence electrons. The highest BCUT2D eigenvalue weighted by Crippen LogP contribution is 2.18. The van der Waals surface area contributed by atoms with Crippen molar-refractivity contribution < 1.29 is 8.42 Å². The Labute approximate surface area is 104 Å². The van der Waals surface area contributed by atoms with Gasteiger partial charge in [0, 0.05) is 25.7 Å². The fourth-order valence-electron chi connectivity index (χ4n) is 2.46. The van der Waals surface area contributed by atoms with Gasteiger partial charge >= 0.3 is 0 Å². The standard InChI is InChI=1S/C11H23N3O2S/c1-10-4-7-14(8-5-10)17(15,16)13-11-3-2-6-12-9-11/h10-13H,2-9H2,1H3/t11-/m1/s1. The summed E-state index contributed by atoms with van der Waals surface area (Å²) in [5.74, 6) is 0.651. The molecule has 0 aromatic heterocycles. The molecule has 2 aliphatic heterocycles. The number of nitrogens with one attached hydrogen (secondary N) is 2. The summed E-state index contributed by atoms with van der Waals surface area (Å²) in [6, 6.07) is 0.0631. The van der Waals surface area contributed by atoms with E-state index in [-0.39, 0.29) is 6.04 Å². The molecule has 0 amide bonds. The molecule has 0 unspecified atom stereocenters. The van der Waals surface area contributed by atoms with Crippen LogP contribution in [0.2, 0.25) is 0 Å². The molecule has 0 aliphatic carbocycles. The van der Waals surface area contributed by atoms with Crippen molar-refractivity contribution >= 4 is 10.2 Å². The Hall–Kier alpha value is -0.170. The number of nitrogens with zero attached hydrogens (tertiary/aromatic N) is 1. The maximum atomic E-state index is 12.1. The fourth-order valence-corrected chi connectivity index (χ4v) is 3.93. The molecule has 0 spiro atoms. The van der Waals surface area contributed by atoms with Crippen LogP contribution < -0.4 is 10.0 Å². The van der Waals surface area contributed by atoms with E-state index in [2.05, 4.69) is 17.0 Å². The Bertz CT molecular complexity index is 331. The van der Waals surface area contributed by atoms with E-state index < -0.39 is 10.2 Å². The Morgan fingerprint density at radius 3 is 2.53 bits per heavy atom. The van der Waals surface area contributed by atoms with Gasteiger partial charge in [-0.1, -0.05) is 6.92 Å². The molecule has 0 saturated carbocycles. The molecule has 2 fully saturated rings. The van der Waals surface area contributed by atoms with Gasteiger partial charge in [-0.2, -0.15) is 17.4 Å². The van der Waals surface area contributed by atoms with Gasteiger partial charge in [-0.15, -0.1) is 0 Å². The summed E-state index contributed by atoms with van der Waals surface area (Å²) >= 11 is 0. The third kappa shape index (κ3) is 3.64. The minimum absolute atomic E-state index is 0.0631. The van der Waals surface area contributed by atoms with Crippen LogP contribution in [-0.2, 0) is 10.2 Å². The van der Waals surface area contributed by atoms with Crippen molar-refractivity contribution in [2.75, 3.05) is 26.2 Å². The van der Waals surface area contributed by atoms with Crippen LogP contribution in [0.1, 0.15) is 32.6 Å². The molecule has 2 aliphatic rings. The predicted molar refractivity (Wildman–Crippen MR) is 67.9 cm³/mol. The van der Waals surface area contributed by atoms with Crippen molar-refractivity contribution in [2.45, 2.75) is 38.6 Å². The third-order valence-corrected chi connectivity index (χ3v) is 5.37. The second-order valence-corrected chi connectivity index (χ2v) is 6.95. The van der Waals surface area contributed by atoms with E-state index in [0.29, 0.717) is 19.0 Å². The summed E-state index contributed by atoms with van der Waals surface area (Å²) in [7, 11) is -3.26. The Kier molecular flexibility index (Phi) is 4.41. The van der Waals surface area contributed by atoms with Gasteiger partial charge in [0.1, 0.15) is 0 Å². The summed E-state index contributed by atoms with van der Waals surface area (Å²) in [6.45, 7) is 5.26. The highest BCUT2D eigenvalue weighted by Gasteiger charge is 2.28. The van der Waals surface area contributed by atoms with Gasteiger partial charge in [-0.05, 0) is 38.1 Å². The van der Waals surface area contributed by atoms with E-state index in [4.69, 9.17) is 0 Å². The Balaban J connectivity index is 1.89. The first-order valence-corrected chi connectivity index (χ1v) is 8.00. The molecular formula is C11H23N3O2S. The van der Waals surface area contributed by atoms with E-state index in [1.165, 1.54) is 0 Å². The molecule has 0 aromatic rings. The average Bonchev–Trinajstić information content (AvgIpc) is 2.30. The Morgan fingerprint density at radius 1 is 1.24 bits per heavy atom. The van der Waals surface area contributed by atoms with Crippen molar-refractivity contribution in [1.29, 1.82) is 0 Å². The summed E-state index contributed by atoms with van der Waals surface area (Å²) < 4.78 is 28.7.